The fourth-order valence-corrected chi connectivity index (χ4v) is 2.28. The van der Waals surface area contributed by atoms with E-state index in [-0.39, 0.29) is 12.0 Å². The molecular formula is C17H19N. The van der Waals surface area contributed by atoms with Crippen molar-refractivity contribution >= 4 is 0 Å². The molecule has 2 aromatic carbocycles. The van der Waals surface area contributed by atoms with Gasteiger partial charge >= 0.3 is 0 Å². The van der Waals surface area contributed by atoms with Crippen LogP contribution in [0.4, 0.5) is 0 Å². The molecule has 2 N–H and O–H groups in total. The monoisotopic (exact) mass is 237 g/mol. The fourth-order valence-electron chi connectivity index (χ4n) is 2.28. The highest BCUT2D eigenvalue weighted by Gasteiger charge is 2.19. The van der Waals surface area contributed by atoms with E-state index in [4.69, 9.17) is 5.73 Å². The molecule has 0 radical (unpaired) electrons. The van der Waals surface area contributed by atoms with E-state index < -0.39 is 0 Å². The van der Waals surface area contributed by atoms with Crippen LogP contribution in [0.2, 0.25) is 0 Å². The maximum Gasteiger partial charge on any atom is 0.0367 e. The highest BCUT2D eigenvalue weighted by atomic mass is 14.7. The normalized spacial score (nSPS) is 13.8. The first-order chi connectivity index (χ1) is 8.83. The Bertz CT molecular complexity index is 475. The summed E-state index contributed by atoms with van der Waals surface area (Å²) in [5.74, 6) is 0.283. The summed E-state index contributed by atoms with van der Waals surface area (Å²) in [6.45, 7) is 3.85. The van der Waals surface area contributed by atoms with Crippen LogP contribution in [0, 0.1) is 0 Å². The smallest absolute Gasteiger partial charge is 0.0367 e. The van der Waals surface area contributed by atoms with E-state index in [1.165, 1.54) is 11.1 Å². The number of nitrogens with two attached hydrogens (primary N) is 1. The summed E-state index contributed by atoms with van der Waals surface area (Å²) < 4.78 is 0. The summed E-state index contributed by atoms with van der Waals surface area (Å²) in [5.41, 5.74) is 8.86. The van der Waals surface area contributed by atoms with Crippen molar-refractivity contribution in [3.63, 3.8) is 0 Å². The molecule has 0 saturated heterocycles. The average molecular weight is 237 g/mol. The van der Waals surface area contributed by atoms with Crippen molar-refractivity contribution in [2.24, 2.45) is 5.73 Å². The van der Waals surface area contributed by atoms with Crippen molar-refractivity contribution in [3.8, 4) is 0 Å². The molecule has 0 bridgehead atoms. The first kappa shape index (κ1) is 12.6. The van der Waals surface area contributed by atoms with E-state index in [0.29, 0.717) is 0 Å². The predicted molar refractivity (Wildman–Crippen MR) is 77.4 cm³/mol. The Morgan fingerprint density at radius 3 is 1.89 bits per heavy atom. The van der Waals surface area contributed by atoms with Crippen molar-refractivity contribution in [2.45, 2.75) is 18.4 Å². The zero-order chi connectivity index (χ0) is 12.8. The molecule has 0 heterocycles. The van der Waals surface area contributed by atoms with Gasteiger partial charge in [0.2, 0.25) is 0 Å². The quantitative estimate of drug-likeness (QED) is 0.780. The zero-order valence-corrected chi connectivity index (χ0v) is 10.5. The van der Waals surface area contributed by atoms with Gasteiger partial charge in [-0.15, -0.1) is 6.58 Å². The highest BCUT2D eigenvalue weighted by Crippen LogP contribution is 2.31. The number of rotatable bonds is 5. The van der Waals surface area contributed by atoms with Gasteiger partial charge in [-0.25, -0.2) is 0 Å². The van der Waals surface area contributed by atoms with Crippen LogP contribution in [-0.2, 0) is 0 Å². The molecule has 0 spiro atoms. The predicted octanol–water partition coefficient (Wildman–Crippen LogP) is 4.05. The number of benzene rings is 2. The summed E-state index contributed by atoms with van der Waals surface area (Å²) >= 11 is 0. The third kappa shape index (κ3) is 2.88. The molecule has 18 heavy (non-hydrogen) atoms. The molecule has 0 aromatic heterocycles. The lowest BCUT2D eigenvalue weighted by Gasteiger charge is -2.23. The zero-order valence-electron chi connectivity index (χ0n) is 10.5. The summed E-state index contributed by atoms with van der Waals surface area (Å²) in [4.78, 5) is 0. The van der Waals surface area contributed by atoms with Crippen LogP contribution >= 0.6 is 0 Å². The van der Waals surface area contributed by atoms with Crippen LogP contribution in [-0.4, -0.2) is 0 Å². The van der Waals surface area contributed by atoms with E-state index in [0.717, 1.165) is 6.42 Å². The number of hydrogen-bond donors (Lipinski definition) is 1. The van der Waals surface area contributed by atoms with Gasteiger partial charge in [-0.3, -0.25) is 0 Å². The van der Waals surface area contributed by atoms with Crippen molar-refractivity contribution in [2.75, 3.05) is 0 Å². The van der Waals surface area contributed by atoms with E-state index >= 15 is 0 Å². The minimum absolute atomic E-state index is 0.00611. The highest BCUT2D eigenvalue weighted by molar-refractivity contribution is 5.28. The molecule has 1 heteroatoms. The van der Waals surface area contributed by atoms with Crippen molar-refractivity contribution in [3.05, 3.63) is 84.4 Å². The van der Waals surface area contributed by atoms with Crippen LogP contribution in [0.15, 0.2) is 73.3 Å². The maximum atomic E-state index is 6.41. The lowest BCUT2D eigenvalue weighted by atomic mass is 9.85. The molecule has 0 aliphatic carbocycles. The lowest BCUT2D eigenvalue weighted by molar-refractivity contribution is 0.560. The van der Waals surface area contributed by atoms with Crippen molar-refractivity contribution in [1.29, 1.82) is 0 Å². The Labute approximate surface area is 109 Å². The van der Waals surface area contributed by atoms with E-state index in [1.807, 2.05) is 30.3 Å². The average Bonchev–Trinajstić information content (AvgIpc) is 2.46. The van der Waals surface area contributed by atoms with E-state index in [1.54, 1.807) is 0 Å². The summed E-state index contributed by atoms with van der Waals surface area (Å²) in [6, 6.07) is 20.7. The van der Waals surface area contributed by atoms with Gasteiger partial charge in [0.25, 0.3) is 0 Å². The minimum Gasteiger partial charge on any atom is -0.323 e. The Hall–Kier alpha value is -1.86. The van der Waals surface area contributed by atoms with Crippen LogP contribution in [0.25, 0.3) is 0 Å². The Morgan fingerprint density at radius 1 is 0.889 bits per heavy atom. The second-order valence-electron chi connectivity index (χ2n) is 4.48. The van der Waals surface area contributed by atoms with Crippen molar-refractivity contribution < 1.29 is 0 Å². The molecule has 1 nitrogen and oxygen atoms in total. The lowest BCUT2D eigenvalue weighted by Crippen LogP contribution is -2.19. The molecule has 2 aromatic rings. The van der Waals surface area contributed by atoms with Gasteiger partial charge in [0.15, 0.2) is 0 Å². The molecule has 0 amide bonds. The number of allylic oxidation sites excluding steroid dienone is 1. The molecule has 2 atom stereocenters. The molecule has 0 fully saturated rings. The van der Waals surface area contributed by atoms with Gasteiger partial charge in [0.05, 0.1) is 0 Å². The van der Waals surface area contributed by atoms with Crippen LogP contribution < -0.4 is 5.73 Å². The molecule has 0 aliphatic heterocycles. The third-order valence-electron chi connectivity index (χ3n) is 3.27. The van der Waals surface area contributed by atoms with Crippen LogP contribution in [0.5, 0.6) is 0 Å². The fraction of sp³-hybridized carbons (Fsp3) is 0.176. The molecule has 0 saturated carbocycles. The second kappa shape index (κ2) is 6.18. The summed E-state index contributed by atoms with van der Waals surface area (Å²) in [7, 11) is 0. The summed E-state index contributed by atoms with van der Waals surface area (Å²) in [5, 5.41) is 0. The van der Waals surface area contributed by atoms with Crippen LogP contribution in [0.1, 0.15) is 29.5 Å². The van der Waals surface area contributed by atoms with Gasteiger partial charge in [-0.2, -0.15) is 0 Å². The van der Waals surface area contributed by atoms with Gasteiger partial charge in [0.1, 0.15) is 0 Å². The summed E-state index contributed by atoms with van der Waals surface area (Å²) in [6.07, 6.45) is 2.83. The largest absolute Gasteiger partial charge is 0.323 e. The first-order valence-corrected chi connectivity index (χ1v) is 6.29. The molecule has 0 aliphatic rings. The number of hydrogen-bond acceptors (Lipinski definition) is 1. The van der Waals surface area contributed by atoms with Crippen molar-refractivity contribution in [1.82, 2.24) is 0 Å². The van der Waals surface area contributed by atoms with Gasteiger partial charge in [-0.1, -0.05) is 66.7 Å². The Kier molecular flexibility index (Phi) is 4.32. The van der Waals surface area contributed by atoms with Gasteiger partial charge in [-0.05, 0) is 17.5 Å². The SMILES string of the molecule is C=CCC(c1ccccc1)C(N)c1ccccc1. The maximum absolute atomic E-state index is 6.41. The van der Waals surface area contributed by atoms with E-state index in [2.05, 4.69) is 43.0 Å². The topological polar surface area (TPSA) is 26.0 Å². The molecular weight excluding hydrogens is 218 g/mol. The second-order valence-corrected chi connectivity index (χ2v) is 4.48. The minimum atomic E-state index is 0.00611. The molecule has 92 valence electrons. The Balaban J connectivity index is 2.28. The van der Waals surface area contributed by atoms with Gasteiger partial charge < -0.3 is 5.73 Å². The molecule has 2 unspecified atom stereocenters. The van der Waals surface area contributed by atoms with E-state index in [9.17, 15) is 0 Å². The Morgan fingerprint density at radius 2 is 1.39 bits per heavy atom. The molecule has 2 rings (SSSR count). The standard InChI is InChI=1S/C17H19N/c1-2-9-16(14-10-5-3-6-11-14)17(18)15-12-7-4-8-13-15/h2-8,10-13,16-17H,1,9,18H2. The van der Waals surface area contributed by atoms with Crippen LogP contribution in [0.3, 0.4) is 0 Å². The first-order valence-electron chi connectivity index (χ1n) is 6.29. The third-order valence-corrected chi connectivity index (χ3v) is 3.27. The van der Waals surface area contributed by atoms with Gasteiger partial charge in [0, 0.05) is 12.0 Å².